The lowest BCUT2D eigenvalue weighted by atomic mass is 9.80. The summed E-state index contributed by atoms with van der Waals surface area (Å²) >= 11 is 0. The zero-order valence-corrected chi connectivity index (χ0v) is 12.5. The molecule has 4 heteroatoms. The first kappa shape index (κ1) is 15.2. The molecule has 1 saturated heterocycles. The Balaban J connectivity index is 2.15. The standard InChI is InChI=1S/C16H24F2N2/c1-16(2,3)8-11-6-13(19)10-20(9-11)15-5-4-12(17)7-14(15)18/h4-5,7,11,13H,6,8-10,19H2,1-3H3. The maximum absolute atomic E-state index is 13.9. The van der Waals surface area contributed by atoms with E-state index in [1.165, 1.54) is 12.1 Å². The lowest BCUT2D eigenvalue weighted by Crippen LogP contribution is -2.48. The molecule has 0 aromatic heterocycles. The van der Waals surface area contributed by atoms with Crippen LogP contribution < -0.4 is 10.6 Å². The number of piperidine rings is 1. The van der Waals surface area contributed by atoms with Crippen molar-refractivity contribution in [1.82, 2.24) is 0 Å². The molecule has 0 spiro atoms. The lowest BCUT2D eigenvalue weighted by molar-refractivity contribution is 0.253. The van der Waals surface area contributed by atoms with Crippen LogP contribution in [0, 0.1) is 23.0 Å². The molecule has 0 aliphatic carbocycles. The minimum absolute atomic E-state index is 0.0422. The van der Waals surface area contributed by atoms with Crippen molar-refractivity contribution in [3.63, 3.8) is 0 Å². The molecule has 112 valence electrons. The summed E-state index contributed by atoms with van der Waals surface area (Å²) in [5.41, 5.74) is 6.80. The number of anilines is 1. The summed E-state index contributed by atoms with van der Waals surface area (Å²) in [6.45, 7) is 8.03. The van der Waals surface area contributed by atoms with E-state index in [2.05, 4.69) is 20.8 Å². The van der Waals surface area contributed by atoms with E-state index in [9.17, 15) is 8.78 Å². The highest BCUT2D eigenvalue weighted by molar-refractivity contribution is 5.48. The number of nitrogens with two attached hydrogens (primary N) is 1. The van der Waals surface area contributed by atoms with E-state index in [1.54, 1.807) is 0 Å². The van der Waals surface area contributed by atoms with Crippen LogP contribution in [0.5, 0.6) is 0 Å². The van der Waals surface area contributed by atoms with Crippen molar-refractivity contribution < 1.29 is 8.78 Å². The van der Waals surface area contributed by atoms with Crippen molar-refractivity contribution in [1.29, 1.82) is 0 Å². The normalized spacial score (nSPS) is 24.0. The van der Waals surface area contributed by atoms with Gasteiger partial charge < -0.3 is 10.6 Å². The van der Waals surface area contributed by atoms with E-state index in [0.717, 1.165) is 25.5 Å². The van der Waals surface area contributed by atoms with E-state index in [-0.39, 0.29) is 11.5 Å². The Morgan fingerprint density at radius 3 is 2.55 bits per heavy atom. The highest BCUT2D eigenvalue weighted by Gasteiger charge is 2.29. The van der Waals surface area contributed by atoms with Gasteiger partial charge in [-0.25, -0.2) is 8.78 Å². The number of rotatable bonds is 2. The van der Waals surface area contributed by atoms with Gasteiger partial charge in [-0.15, -0.1) is 0 Å². The lowest BCUT2D eigenvalue weighted by Gasteiger charge is -2.40. The van der Waals surface area contributed by atoms with Crippen LogP contribution in [0.1, 0.15) is 33.6 Å². The van der Waals surface area contributed by atoms with E-state index in [1.807, 2.05) is 4.90 Å². The van der Waals surface area contributed by atoms with E-state index in [4.69, 9.17) is 5.73 Å². The largest absolute Gasteiger partial charge is 0.367 e. The Labute approximate surface area is 120 Å². The van der Waals surface area contributed by atoms with Gasteiger partial charge in [0.1, 0.15) is 11.6 Å². The molecule has 1 aromatic carbocycles. The summed E-state index contributed by atoms with van der Waals surface area (Å²) in [4.78, 5) is 1.96. The first-order chi connectivity index (χ1) is 9.24. The fourth-order valence-electron chi connectivity index (χ4n) is 3.19. The molecule has 2 rings (SSSR count). The number of nitrogens with zero attached hydrogens (tertiary/aromatic N) is 1. The van der Waals surface area contributed by atoms with Crippen molar-refractivity contribution in [2.45, 2.75) is 39.7 Å². The molecule has 2 nitrogen and oxygen atoms in total. The molecule has 0 amide bonds. The fourth-order valence-corrected chi connectivity index (χ4v) is 3.19. The first-order valence-electron chi connectivity index (χ1n) is 7.20. The first-order valence-corrected chi connectivity index (χ1v) is 7.20. The Hall–Kier alpha value is -1.16. The molecule has 1 aromatic rings. The van der Waals surface area contributed by atoms with Crippen LogP contribution >= 0.6 is 0 Å². The number of halogens is 2. The molecule has 0 radical (unpaired) electrons. The van der Waals surface area contributed by atoms with Crippen molar-refractivity contribution in [3.05, 3.63) is 29.8 Å². The van der Waals surface area contributed by atoms with Crippen LogP contribution in [-0.2, 0) is 0 Å². The average Bonchev–Trinajstić information content (AvgIpc) is 2.25. The third kappa shape index (κ3) is 3.92. The van der Waals surface area contributed by atoms with Gasteiger partial charge in [0.2, 0.25) is 0 Å². The summed E-state index contributed by atoms with van der Waals surface area (Å²) in [7, 11) is 0. The topological polar surface area (TPSA) is 29.3 Å². The van der Waals surface area contributed by atoms with Gasteiger partial charge in [0.15, 0.2) is 0 Å². The van der Waals surface area contributed by atoms with E-state index in [0.29, 0.717) is 18.2 Å². The van der Waals surface area contributed by atoms with Gasteiger partial charge in [-0.1, -0.05) is 20.8 Å². The summed E-state index contributed by atoms with van der Waals surface area (Å²) in [5, 5.41) is 0. The van der Waals surface area contributed by atoms with Crippen LogP contribution in [0.3, 0.4) is 0 Å². The highest BCUT2D eigenvalue weighted by atomic mass is 19.1. The molecule has 0 bridgehead atoms. The molecule has 1 aliphatic heterocycles. The van der Waals surface area contributed by atoms with Crippen LogP contribution in [0.4, 0.5) is 14.5 Å². The molecule has 2 atom stereocenters. The smallest absolute Gasteiger partial charge is 0.149 e. The monoisotopic (exact) mass is 282 g/mol. The van der Waals surface area contributed by atoms with Gasteiger partial charge in [0.25, 0.3) is 0 Å². The van der Waals surface area contributed by atoms with Gasteiger partial charge in [-0.05, 0) is 36.3 Å². The van der Waals surface area contributed by atoms with Gasteiger partial charge in [-0.2, -0.15) is 0 Å². The molecule has 2 N–H and O–H groups in total. The van der Waals surface area contributed by atoms with Crippen molar-refractivity contribution in [3.8, 4) is 0 Å². The van der Waals surface area contributed by atoms with Crippen LogP contribution in [-0.4, -0.2) is 19.1 Å². The zero-order chi connectivity index (χ0) is 14.9. The van der Waals surface area contributed by atoms with Crippen molar-refractivity contribution in [2.24, 2.45) is 17.1 Å². The molecule has 2 unspecified atom stereocenters. The SMILES string of the molecule is CC(C)(C)CC1CC(N)CN(c2ccc(F)cc2F)C1. The number of hydrogen-bond donors (Lipinski definition) is 1. The second-order valence-corrected chi connectivity index (χ2v) is 7.13. The second kappa shape index (κ2) is 5.68. The van der Waals surface area contributed by atoms with Gasteiger partial charge in [0, 0.05) is 25.2 Å². The van der Waals surface area contributed by atoms with Gasteiger partial charge in [-0.3, -0.25) is 0 Å². The number of benzene rings is 1. The maximum atomic E-state index is 13.9. The summed E-state index contributed by atoms with van der Waals surface area (Å²) in [6, 6.07) is 3.79. The van der Waals surface area contributed by atoms with E-state index < -0.39 is 11.6 Å². The van der Waals surface area contributed by atoms with Crippen LogP contribution in [0.15, 0.2) is 18.2 Å². The van der Waals surface area contributed by atoms with Gasteiger partial charge >= 0.3 is 0 Å². The molecule has 20 heavy (non-hydrogen) atoms. The minimum Gasteiger partial charge on any atom is -0.367 e. The molecular formula is C16H24F2N2. The fraction of sp³-hybridized carbons (Fsp3) is 0.625. The average molecular weight is 282 g/mol. The summed E-state index contributed by atoms with van der Waals surface area (Å²) in [6.07, 6.45) is 2.02. The third-order valence-corrected chi connectivity index (χ3v) is 3.72. The van der Waals surface area contributed by atoms with Crippen LogP contribution in [0.25, 0.3) is 0 Å². The minimum atomic E-state index is -0.543. The van der Waals surface area contributed by atoms with Gasteiger partial charge in [0.05, 0.1) is 5.69 Å². The quantitative estimate of drug-likeness (QED) is 0.898. The maximum Gasteiger partial charge on any atom is 0.149 e. The highest BCUT2D eigenvalue weighted by Crippen LogP contribution is 2.32. The molecule has 0 saturated carbocycles. The molecular weight excluding hydrogens is 258 g/mol. The Morgan fingerprint density at radius 2 is 1.95 bits per heavy atom. The number of hydrogen-bond acceptors (Lipinski definition) is 2. The Kier molecular flexibility index (Phi) is 4.33. The van der Waals surface area contributed by atoms with E-state index >= 15 is 0 Å². The summed E-state index contributed by atoms with van der Waals surface area (Å²) in [5.74, 6) is -0.601. The Morgan fingerprint density at radius 1 is 1.25 bits per heavy atom. The van der Waals surface area contributed by atoms with Crippen LogP contribution in [0.2, 0.25) is 0 Å². The van der Waals surface area contributed by atoms with Crippen molar-refractivity contribution in [2.75, 3.05) is 18.0 Å². The summed E-state index contributed by atoms with van der Waals surface area (Å²) < 4.78 is 26.9. The Bertz CT molecular complexity index is 468. The molecule has 1 aliphatic rings. The predicted molar refractivity (Wildman–Crippen MR) is 78.7 cm³/mol. The predicted octanol–water partition coefficient (Wildman–Crippen LogP) is 3.55. The van der Waals surface area contributed by atoms with Crippen molar-refractivity contribution >= 4 is 5.69 Å². The molecule has 1 fully saturated rings. The third-order valence-electron chi connectivity index (χ3n) is 3.72. The second-order valence-electron chi connectivity index (χ2n) is 7.13. The molecule has 1 heterocycles. The zero-order valence-electron chi connectivity index (χ0n) is 12.5.